The van der Waals surface area contributed by atoms with Crippen LogP contribution in [0.3, 0.4) is 0 Å². The Kier molecular flexibility index (Phi) is 7.05. The molecule has 8 heteroatoms. The predicted octanol–water partition coefficient (Wildman–Crippen LogP) is 2.85. The van der Waals surface area contributed by atoms with E-state index < -0.39 is 5.54 Å². The van der Waals surface area contributed by atoms with Crippen LogP contribution < -0.4 is 10.6 Å². The molecule has 1 aliphatic carbocycles. The fourth-order valence-corrected chi connectivity index (χ4v) is 5.11. The van der Waals surface area contributed by atoms with Gasteiger partial charge in [0, 0.05) is 19.1 Å². The van der Waals surface area contributed by atoms with Crippen molar-refractivity contribution in [2.24, 2.45) is 0 Å². The molecule has 1 fully saturated rings. The maximum Gasteiger partial charge on any atom is 0.273 e. The molecule has 1 aromatic heterocycles. The average Bonchev–Trinajstić information content (AvgIpc) is 3.46. The van der Waals surface area contributed by atoms with Crippen molar-refractivity contribution in [2.45, 2.75) is 77.4 Å². The van der Waals surface area contributed by atoms with E-state index in [4.69, 9.17) is 0 Å². The first-order chi connectivity index (χ1) is 16.3. The third kappa shape index (κ3) is 4.72. The average molecular weight is 466 g/mol. The number of benzene rings is 1. The number of fused-ring (bicyclic) bond motifs is 1. The maximum atomic E-state index is 13.6. The highest BCUT2D eigenvalue weighted by Crippen LogP contribution is 2.30. The van der Waals surface area contributed by atoms with Gasteiger partial charge in [-0.2, -0.15) is 0 Å². The van der Waals surface area contributed by atoms with Crippen LogP contribution in [-0.2, 0) is 17.8 Å². The second kappa shape index (κ2) is 9.99. The van der Waals surface area contributed by atoms with Gasteiger partial charge in [0.2, 0.25) is 5.91 Å². The molecule has 2 heterocycles. The summed E-state index contributed by atoms with van der Waals surface area (Å²) in [6.07, 6.45) is 7.11. The summed E-state index contributed by atoms with van der Waals surface area (Å²) >= 11 is 0. The first kappa shape index (κ1) is 24.0. The zero-order valence-electron chi connectivity index (χ0n) is 20.4. The van der Waals surface area contributed by atoms with Gasteiger partial charge in [-0.05, 0) is 45.1 Å². The van der Waals surface area contributed by atoms with Crippen molar-refractivity contribution in [3.8, 4) is 0 Å². The predicted molar refractivity (Wildman–Crippen MR) is 130 cm³/mol. The zero-order valence-corrected chi connectivity index (χ0v) is 20.4. The van der Waals surface area contributed by atoms with Crippen LogP contribution in [0.4, 0.5) is 0 Å². The van der Waals surface area contributed by atoms with Gasteiger partial charge in [0.25, 0.3) is 11.8 Å². The highest BCUT2D eigenvalue weighted by atomic mass is 16.2. The summed E-state index contributed by atoms with van der Waals surface area (Å²) in [5, 5.41) is 6.06. The lowest BCUT2D eigenvalue weighted by Gasteiger charge is -2.44. The van der Waals surface area contributed by atoms with Crippen molar-refractivity contribution in [3.63, 3.8) is 0 Å². The number of nitrogens with one attached hydrogen (secondary N) is 2. The van der Waals surface area contributed by atoms with E-state index in [0.29, 0.717) is 25.9 Å². The van der Waals surface area contributed by atoms with E-state index in [-0.39, 0.29) is 41.7 Å². The Labute approximate surface area is 201 Å². The second-order valence-electron chi connectivity index (χ2n) is 9.75. The summed E-state index contributed by atoms with van der Waals surface area (Å²) in [7, 11) is 0. The highest BCUT2D eigenvalue weighted by Gasteiger charge is 2.48. The Hall–Kier alpha value is -3.16. The number of carbonyl (C=O) groups excluding carboxylic acids is 3. The minimum Gasteiger partial charge on any atom is -0.351 e. The van der Waals surface area contributed by atoms with Gasteiger partial charge in [0.15, 0.2) is 5.69 Å². The largest absolute Gasteiger partial charge is 0.351 e. The van der Waals surface area contributed by atoms with E-state index in [9.17, 15) is 14.4 Å². The van der Waals surface area contributed by atoms with Gasteiger partial charge in [-0.15, -0.1) is 0 Å². The minimum absolute atomic E-state index is 0.119. The number of imidazole rings is 1. The topological polar surface area (TPSA) is 96.3 Å². The lowest BCUT2D eigenvalue weighted by atomic mass is 9.93. The number of rotatable bonds is 8. The van der Waals surface area contributed by atoms with Gasteiger partial charge in [-0.3, -0.25) is 14.4 Å². The summed E-state index contributed by atoms with van der Waals surface area (Å²) in [4.78, 5) is 45.8. The Morgan fingerprint density at radius 2 is 2.00 bits per heavy atom. The maximum absolute atomic E-state index is 13.6. The Balaban J connectivity index is 1.50. The molecular formula is C26H35N5O3. The van der Waals surface area contributed by atoms with Crippen LogP contribution in [0.5, 0.6) is 0 Å². The van der Waals surface area contributed by atoms with Crippen molar-refractivity contribution in [1.29, 1.82) is 0 Å². The fourth-order valence-electron chi connectivity index (χ4n) is 5.11. The van der Waals surface area contributed by atoms with Crippen LogP contribution in [0.2, 0.25) is 0 Å². The molecule has 182 valence electrons. The molecule has 1 atom stereocenters. The van der Waals surface area contributed by atoms with Crippen molar-refractivity contribution in [2.75, 3.05) is 13.1 Å². The van der Waals surface area contributed by atoms with Gasteiger partial charge >= 0.3 is 0 Å². The van der Waals surface area contributed by atoms with Gasteiger partial charge in [-0.25, -0.2) is 4.98 Å². The Morgan fingerprint density at radius 3 is 2.71 bits per heavy atom. The van der Waals surface area contributed by atoms with Gasteiger partial charge < -0.3 is 20.1 Å². The molecule has 2 N–H and O–H groups in total. The number of hydrogen-bond donors (Lipinski definition) is 2. The van der Waals surface area contributed by atoms with Gasteiger partial charge in [-0.1, -0.05) is 49.6 Å². The molecule has 2 aliphatic rings. The summed E-state index contributed by atoms with van der Waals surface area (Å²) < 4.78 is 1.66. The van der Waals surface area contributed by atoms with Gasteiger partial charge in [0.1, 0.15) is 11.2 Å². The molecule has 1 aliphatic heterocycles. The number of aromatic nitrogens is 2. The number of nitrogens with zero attached hydrogens (tertiary/aromatic N) is 3. The van der Waals surface area contributed by atoms with Crippen LogP contribution >= 0.6 is 0 Å². The standard InChI is InChI=1S/C26H35N5O3/c1-4-14-31-24(33)22-21(23(32)27-13-12-19-9-7-8-18(2)15-19)28-17-30(22)16-26(31,3)25(34)29-20-10-5-6-11-20/h7-9,15,17,20H,4-6,10-14,16H2,1-3H3,(H,27,32)(H,29,34)/t26-/m1/s1. The Bertz CT molecular complexity index is 1070. The number of aryl methyl sites for hydroxylation is 1. The zero-order chi connectivity index (χ0) is 24.3. The van der Waals surface area contributed by atoms with Crippen LogP contribution in [0, 0.1) is 6.92 Å². The Morgan fingerprint density at radius 1 is 1.24 bits per heavy atom. The van der Waals surface area contributed by atoms with E-state index in [1.807, 2.05) is 39.0 Å². The fraction of sp³-hybridized carbons (Fsp3) is 0.538. The SMILES string of the molecule is CCCN1C(=O)c2c(C(=O)NCCc3cccc(C)c3)ncn2C[C@]1(C)C(=O)NC1CCCC1. The molecule has 2 aromatic rings. The molecule has 8 nitrogen and oxygen atoms in total. The quantitative estimate of drug-likeness (QED) is 0.627. The molecule has 0 bridgehead atoms. The van der Waals surface area contributed by atoms with Crippen LogP contribution in [0.1, 0.15) is 78.1 Å². The summed E-state index contributed by atoms with van der Waals surface area (Å²) in [6, 6.07) is 8.32. The molecule has 0 spiro atoms. The molecular weight excluding hydrogens is 430 g/mol. The lowest BCUT2D eigenvalue weighted by Crippen LogP contribution is -2.65. The van der Waals surface area contributed by atoms with E-state index in [0.717, 1.165) is 31.2 Å². The van der Waals surface area contributed by atoms with Crippen molar-refractivity contribution in [1.82, 2.24) is 25.1 Å². The molecule has 34 heavy (non-hydrogen) atoms. The van der Waals surface area contributed by atoms with E-state index in [2.05, 4.69) is 21.7 Å². The van der Waals surface area contributed by atoms with E-state index in [1.54, 1.807) is 9.47 Å². The monoisotopic (exact) mass is 465 g/mol. The third-order valence-corrected chi connectivity index (χ3v) is 6.98. The lowest BCUT2D eigenvalue weighted by molar-refractivity contribution is -0.133. The first-order valence-electron chi connectivity index (χ1n) is 12.3. The van der Waals surface area contributed by atoms with Crippen LogP contribution in [-0.4, -0.2) is 56.8 Å². The second-order valence-corrected chi connectivity index (χ2v) is 9.75. The summed E-state index contributed by atoms with van der Waals surface area (Å²) in [6.45, 7) is 6.99. The smallest absolute Gasteiger partial charge is 0.273 e. The molecule has 3 amide bonds. The minimum atomic E-state index is -1.03. The summed E-state index contributed by atoms with van der Waals surface area (Å²) in [5.41, 5.74) is 1.67. The molecule has 0 radical (unpaired) electrons. The van der Waals surface area contributed by atoms with Crippen molar-refractivity contribution in [3.05, 3.63) is 53.1 Å². The van der Waals surface area contributed by atoms with Crippen LogP contribution in [0.25, 0.3) is 0 Å². The molecule has 0 unspecified atom stereocenters. The first-order valence-corrected chi connectivity index (χ1v) is 12.3. The summed E-state index contributed by atoms with van der Waals surface area (Å²) in [5.74, 6) is -0.826. The van der Waals surface area contributed by atoms with Crippen LogP contribution in [0.15, 0.2) is 30.6 Å². The van der Waals surface area contributed by atoms with E-state index >= 15 is 0 Å². The molecule has 0 saturated heterocycles. The van der Waals surface area contributed by atoms with E-state index in [1.165, 1.54) is 11.9 Å². The van der Waals surface area contributed by atoms with Crippen molar-refractivity contribution < 1.29 is 14.4 Å². The van der Waals surface area contributed by atoms with Gasteiger partial charge in [0.05, 0.1) is 12.9 Å². The molecule has 4 rings (SSSR count). The third-order valence-electron chi connectivity index (χ3n) is 6.98. The highest BCUT2D eigenvalue weighted by molar-refractivity contribution is 6.07. The molecule has 1 aromatic carbocycles. The number of hydrogen-bond acceptors (Lipinski definition) is 4. The normalized spacial score (nSPS) is 20.3. The van der Waals surface area contributed by atoms with Crippen molar-refractivity contribution >= 4 is 17.7 Å². The molecule has 1 saturated carbocycles. The number of amides is 3. The number of carbonyl (C=O) groups is 3.